The average Bonchev–Trinajstić information content (AvgIpc) is 2.73. The normalized spacial score (nSPS) is 10.6. The number of H-pyrrole nitrogens is 1. The number of thioether (sulfide) groups is 2. The lowest BCUT2D eigenvalue weighted by Gasteiger charge is -1.98. The molecule has 17 heavy (non-hydrogen) atoms. The molecule has 0 aliphatic carbocycles. The van der Waals surface area contributed by atoms with E-state index in [1.165, 1.54) is 29.6 Å². The summed E-state index contributed by atoms with van der Waals surface area (Å²) >= 11 is 2.65. The second kappa shape index (κ2) is 5.23. The van der Waals surface area contributed by atoms with Crippen LogP contribution in [0.2, 0.25) is 0 Å². The summed E-state index contributed by atoms with van der Waals surface area (Å²) in [7, 11) is 0. The van der Waals surface area contributed by atoms with Gasteiger partial charge in [-0.25, -0.2) is 4.98 Å². The van der Waals surface area contributed by atoms with Gasteiger partial charge in [0, 0.05) is 6.07 Å². The van der Waals surface area contributed by atoms with Crippen molar-refractivity contribution in [1.82, 2.24) is 20.2 Å². The molecule has 0 amide bonds. The molecule has 2 rings (SSSR count). The van der Waals surface area contributed by atoms with Crippen LogP contribution in [0.5, 0.6) is 0 Å². The zero-order valence-electron chi connectivity index (χ0n) is 8.84. The lowest BCUT2D eigenvalue weighted by Crippen LogP contribution is -2.09. The molecule has 3 N–H and O–H groups in total. The number of aromatic nitrogens is 4. The van der Waals surface area contributed by atoms with Gasteiger partial charge in [-0.1, -0.05) is 23.5 Å². The maximum Gasteiger partial charge on any atom is 0.276 e. The summed E-state index contributed by atoms with van der Waals surface area (Å²) in [6, 6.07) is 1.22. The zero-order valence-corrected chi connectivity index (χ0v) is 10.5. The fourth-order valence-corrected chi connectivity index (χ4v) is 2.05. The number of aromatic amines is 1. The Labute approximate surface area is 105 Å². The Kier molecular flexibility index (Phi) is 3.69. The number of anilines is 1. The summed E-state index contributed by atoms with van der Waals surface area (Å²) in [5, 5.41) is 8.57. The minimum atomic E-state index is -0.282. The van der Waals surface area contributed by atoms with Crippen molar-refractivity contribution < 1.29 is 4.42 Å². The Hall–Kier alpha value is -1.48. The van der Waals surface area contributed by atoms with E-state index in [1.54, 1.807) is 0 Å². The Morgan fingerprint density at radius 2 is 2.35 bits per heavy atom. The number of hydrogen-bond acceptors (Lipinski definition) is 8. The largest absolute Gasteiger partial charge is 0.415 e. The lowest BCUT2D eigenvalue weighted by molar-refractivity contribution is 0.427. The molecule has 90 valence electrons. The number of nitrogens with one attached hydrogen (secondary N) is 1. The van der Waals surface area contributed by atoms with E-state index in [0.29, 0.717) is 22.0 Å². The number of hydrogen-bond donors (Lipinski definition) is 2. The minimum absolute atomic E-state index is 0.187. The summed E-state index contributed by atoms with van der Waals surface area (Å²) in [6.07, 6.45) is 1.85. The first-order chi connectivity index (χ1) is 8.17. The molecule has 0 aliphatic heterocycles. The van der Waals surface area contributed by atoms with Crippen molar-refractivity contribution >= 4 is 29.3 Å². The Bertz CT molecular complexity index is 567. The summed E-state index contributed by atoms with van der Waals surface area (Å²) in [5.74, 6) is 1.09. The number of rotatable bonds is 4. The summed E-state index contributed by atoms with van der Waals surface area (Å²) in [5.41, 5.74) is 5.17. The number of nitrogens with two attached hydrogens (primary N) is 1. The van der Waals surface area contributed by atoms with Crippen LogP contribution in [-0.2, 0) is 5.75 Å². The molecule has 2 aromatic rings. The Morgan fingerprint density at radius 3 is 3.00 bits per heavy atom. The topological polar surface area (TPSA) is 111 Å². The van der Waals surface area contributed by atoms with E-state index in [9.17, 15) is 4.79 Å². The van der Waals surface area contributed by atoms with E-state index in [-0.39, 0.29) is 11.4 Å². The van der Waals surface area contributed by atoms with E-state index in [1.807, 2.05) is 6.26 Å². The van der Waals surface area contributed by atoms with Gasteiger partial charge in [-0.05, 0) is 6.26 Å². The molecule has 0 unspecified atom stereocenters. The minimum Gasteiger partial charge on any atom is -0.415 e. The van der Waals surface area contributed by atoms with Gasteiger partial charge in [0.15, 0.2) is 5.16 Å². The van der Waals surface area contributed by atoms with Crippen molar-refractivity contribution in [3.05, 3.63) is 22.3 Å². The molecule has 0 saturated heterocycles. The predicted octanol–water partition coefficient (Wildman–Crippen LogP) is 0.749. The molecule has 0 saturated carbocycles. The van der Waals surface area contributed by atoms with E-state index in [4.69, 9.17) is 10.2 Å². The first-order valence-electron chi connectivity index (χ1n) is 4.53. The van der Waals surface area contributed by atoms with Crippen LogP contribution in [0.1, 0.15) is 5.89 Å². The van der Waals surface area contributed by atoms with E-state index in [0.717, 1.165) is 0 Å². The summed E-state index contributed by atoms with van der Waals surface area (Å²) in [6.45, 7) is 0. The van der Waals surface area contributed by atoms with Gasteiger partial charge in [-0.3, -0.25) is 4.79 Å². The highest BCUT2D eigenvalue weighted by Crippen LogP contribution is 2.20. The third-order valence-electron chi connectivity index (χ3n) is 1.70. The van der Waals surface area contributed by atoms with Gasteiger partial charge < -0.3 is 15.1 Å². The van der Waals surface area contributed by atoms with Crippen molar-refractivity contribution in [3.63, 3.8) is 0 Å². The highest BCUT2D eigenvalue weighted by atomic mass is 32.2. The summed E-state index contributed by atoms with van der Waals surface area (Å²) in [4.78, 5) is 17.7. The van der Waals surface area contributed by atoms with Crippen LogP contribution in [0.25, 0.3) is 0 Å². The number of nitrogens with zero attached hydrogens (tertiary/aromatic N) is 3. The SMILES string of the molecule is CSc1nnc(CSc2nc(N)cc(=O)[nH]2)o1. The van der Waals surface area contributed by atoms with Gasteiger partial charge in [0.1, 0.15) is 5.82 Å². The van der Waals surface area contributed by atoms with Crippen LogP contribution in [0.4, 0.5) is 5.82 Å². The van der Waals surface area contributed by atoms with Crippen LogP contribution >= 0.6 is 23.5 Å². The van der Waals surface area contributed by atoms with Gasteiger partial charge in [0.25, 0.3) is 10.8 Å². The molecule has 0 radical (unpaired) electrons. The van der Waals surface area contributed by atoms with Crippen molar-refractivity contribution in [2.75, 3.05) is 12.0 Å². The molecule has 2 aromatic heterocycles. The molecule has 0 spiro atoms. The molecule has 9 heteroatoms. The molecule has 2 heterocycles. The predicted molar refractivity (Wildman–Crippen MR) is 64.9 cm³/mol. The highest BCUT2D eigenvalue weighted by molar-refractivity contribution is 7.98. The zero-order chi connectivity index (χ0) is 12.3. The van der Waals surface area contributed by atoms with Crippen molar-refractivity contribution in [1.29, 1.82) is 0 Å². The molecule has 0 aliphatic rings. The van der Waals surface area contributed by atoms with Gasteiger partial charge in [-0.15, -0.1) is 10.2 Å². The first kappa shape index (κ1) is 12.0. The lowest BCUT2D eigenvalue weighted by atomic mass is 10.6. The molecule has 7 nitrogen and oxygen atoms in total. The van der Waals surface area contributed by atoms with Crippen molar-refractivity contribution in [2.45, 2.75) is 16.1 Å². The molecule has 0 atom stereocenters. The maximum absolute atomic E-state index is 11.1. The summed E-state index contributed by atoms with van der Waals surface area (Å²) < 4.78 is 5.28. The third kappa shape index (κ3) is 3.24. The third-order valence-corrected chi connectivity index (χ3v) is 3.07. The van der Waals surface area contributed by atoms with E-state index >= 15 is 0 Å². The van der Waals surface area contributed by atoms with Crippen LogP contribution in [-0.4, -0.2) is 26.4 Å². The van der Waals surface area contributed by atoms with Crippen LogP contribution < -0.4 is 11.3 Å². The van der Waals surface area contributed by atoms with Crippen molar-refractivity contribution in [2.24, 2.45) is 0 Å². The van der Waals surface area contributed by atoms with Gasteiger partial charge in [0.2, 0.25) is 5.89 Å². The molecular formula is C8H9N5O2S2. The van der Waals surface area contributed by atoms with E-state index in [2.05, 4.69) is 20.2 Å². The van der Waals surface area contributed by atoms with Crippen LogP contribution in [0.15, 0.2) is 25.7 Å². The van der Waals surface area contributed by atoms with Gasteiger partial charge >= 0.3 is 0 Å². The van der Waals surface area contributed by atoms with Crippen LogP contribution in [0, 0.1) is 0 Å². The van der Waals surface area contributed by atoms with E-state index < -0.39 is 0 Å². The first-order valence-corrected chi connectivity index (χ1v) is 6.74. The van der Waals surface area contributed by atoms with Crippen molar-refractivity contribution in [3.8, 4) is 0 Å². The maximum atomic E-state index is 11.1. The second-order valence-electron chi connectivity index (χ2n) is 2.93. The standard InChI is InChI=1S/C8H9N5O2S2/c1-16-8-13-12-6(15-8)3-17-7-10-4(9)2-5(14)11-7/h2H,3H2,1H3,(H3,9,10,11,14). The number of nitrogen functional groups attached to an aromatic ring is 1. The quantitative estimate of drug-likeness (QED) is 0.619. The van der Waals surface area contributed by atoms with Gasteiger partial charge in [0.05, 0.1) is 5.75 Å². The average molecular weight is 271 g/mol. The second-order valence-corrected chi connectivity index (χ2v) is 4.65. The Balaban J connectivity index is 2.04. The highest BCUT2D eigenvalue weighted by Gasteiger charge is 2.07. The fourth-order valence-electron chi connectivity index (χ4n) is 1.03. The molecule has 0 bridgehead atoms. The monoisotopic (exact) mass is 271 g/mol. The molecule has 0 aromatic carbocycles. The smallest absolute Gasteiger partial charge is 0.276 e. The van der Waals surface area contributed by atoms with Crippen LogP contribution in [0.3, 0.4) is 0 Å². The molecular weight excluding hydrogens is 262 g/mol. The Morgan fingerprint density at radius 1 is 1.53 bits per heavy atom. The van der Waals surface area contributed by atoms with Gasteiger partial charge in [-0.2, -0.15) is 0 Å². The fraction of sp³-hybridized carbons (Fsp3) is 0.250. The molecule has 0 fully saturated rings.